The number of nitrogens with one attached hydrogen (secondary N) is 1. The summed E-state index contributed by atoms with van der Waals surface area (Å²) in [5.41, 5.74) is 8.03. The fourth-order valence-corrected chi connectivity index (χ4v) is 2.08. The second kappa shape index (κ2) is 6.75. The highest BCUT2D eigenvalue weighted by atomic mass is 16.5. The molecule has 0 saturated carbocycles. The van der Waals surface area contributed by atoms with Crippen molar-refractivity contribution >= 4 is 11.6 Å². The van der Waals surface area contributed by atoms with Gasteiger partial charge in [-0.2, -0.15) is 0 Å². The smallest absolute Gasteiger partial charge is 0.134 e. The topological polar surface area (TPSA) is 73.1 Å². The highest BCUT2D eigenvalue weighted by molar-refractivity contribution is 5.54. The minimum absolute atomic E-state index is 0.548. The van der Waals surface area contributed by atoms with Crippen molar-refractivity contribution in [3.8, 4) is 5.75 Å². The van der Waals surface area contributed by atoms with Crippen molar-refractivity contribution in [2.45, 2.75) is 19.8 Å². The predicted octanol–water partition coefficient (Wildman–Crippen LogP) is 2.28. The molecule has 5 nitrogen and oxygen atoms in total. The van der Waals surface area contributed by atoms with E-state index < -0.39 is 0 Å². The van der Waals surface area contributed by atoms with Crippen molar-refractivity contribution in [2.75, 3.05) is 24.7 Å². The summed E-state index contributed by atoms with van der Waals surface area (Å²) >= 11 is 0. The van der Waals surface area contributed by atoms with E-state index in [1.54, 1.807) is 7.11 Å². The van der Waals surface area contributed by atoms with Crippen LogP contribution in [-0.2, 0) is 12.8 Å². The Labute approximate surface area is 119 Å². The molecule has 0 unspecified atom stereocenters. The van der Waals surface area contributed by atoms with E-state index in [-0.39, 0.29) is 0 Å². The van der Waals surface area contributed by atoms with E-state index in [1.807, 2.05) is 25.1 Å². The van der Waals surface area contributed by atoms with Gasteiger partial charge in [0.25, 0.3) is 0 Å². The Morgan fingerprint density at radius 3 is 2.90 bits per heavy atom. The third-order valence-corrected chi connectivity index (χ3v) is 3.17. The number of rotatable bonds is 6. The third kappa shape index (κ3) is 3.38. The van der Waals surface area contributed by atoms with Crippen LogP contribution in [0.2, 0.25) is 0 Å². The van der Waals surface area contributed by atoms with Gasteiger partial charge in [-0.1, -0.05) is 19.1 Å². The maximum Gasteiger partial charge on any atom is 0.134 e. The van der Waals surface area contributed by atoms with Crippen LogP contribution in [0.1, 0.15) is 18.1 Å². The van der Waals surface area contributed by atoms with Crippen molar-refractivity contribution in [3.63, 3.8) is 0 Å². The largest absolute Gasteiger partial charge is 0.497 e. The number of hydrogen-bond donors (Lipinski definition) is 2. The zero-order chi connectivity index (χ0) is 14.4. The molecule has 3 N–H and O–H groups in total. The molecule has 1 aromatic carbocycles. The fraction of sp³-hybridized carbons (Fsp3) is 0.333. The Morgan fingerprint density at radius 1 is 1.30 bits per heavy atom. The van der Waals surface area contributed by atoms with Crippen molar-refractivity contribution < 1.29 is 4.74 Å². The van der Waals surface area contributed by atoms with Crippen molar-refractivity contribution in [1.29, 1.82) is 0 Å². The number of nitrogen functional groups attached to an aromatic ring is 1. The molecule has 0 saturated heterocycles. The molecule has 1 heterocycles. The monoisotopic (exact) mass is 272 g/mol. The van der Waals surface area contributed by atoms with E-state index in [4.69, 9.17) is 10.5 Å². The maximum absolute atomic E-state index is 5.84. The highest BCUT2D eigenvalue weighted by Gasteiger charge is 2.06. The van der Waals surface area contributed by atoms with Crippen LogP contribution in [0.3, 0.4) is 0 Å². The first-order valence-corrected chi connectivity index (χ1v) is 6.70. The van der Waals surface area contributed by atoms with Crippen LogP contribution in [0.5, 0.6) is 5.75 Å². The first-order chi connectivity index (χ1) is 9.74. The number of nitrogens with two attached hydrogens (primary N) is 1. The number of methoxy groups -OCH3 is 1. The van der Waals surface area contributed by atoms with Gasteiger partial charge < -0.3 is 15.8 Å². The quantitative estimate of drug-likeness (QED) is 0.844. The van der Waals surface area contributed by atoms with Gasteiger partial charge in [0.15, 0.2) is 0 Å². The summed E-state index contributed by atoms with van der Waals surface area (Å²) in [6, 6.07) is 8.06. The Morgan fingerprint density at radius 2 is 2.15 bits per heavy atom. The minimum Gasteiger partial charge on any atom is -0.497 e. The van der Waals surface area contributed by atoms with Crippen molar-refractivity contribution in [3.05, 3.63) is 41.7 Å². The summed E-state index contributed by atoms with van der Waals surface area (Å²) in [5, 5.41) is 3.32. The lowest BCUT2D eigenvalue weighted by atomic mass is 10.1. The SMILES string of the molecule is CCc1c(N)ncnc1NCCc1cccc(OC)c1. The van der Waals surface area contributed by atoms with Gasteiger partial charge in [-0.25, -0.2) is 9.97 Å². The zero-order valence-electron chi connectivity index (χ0n) is 11.9. The molecule has 0 spiro atoms. The molecule has 0 aliphatic rings. The summed E-state index contributed by atoms with van der Waals surface area (Å²) in [4.78, 5) is 8.26. The van der Waals surface area contributed by atoms with E-state index >= 15 is 0 Å². The fourth-order valence-electron chi connectivity index (χ4n) is 2.08. The highest BCUT2D eigenvalue weighted by Crippen LogP contribution is 2.18. The molecule has 0 aliphatic carbocycles. The average molecular weight is 272 g/mol. The van der Waals surface area contributed by atoms with Crippen molar-refractivity contribution in [1.82, 2.24) is 9.97 Å². The Balaban J connectivity index is 1.97. The molecule has 0 amide bonds. The van der Waals surface area contributed by atoms with Crippen LogP contribution in [0, 0.1) is 0 Å². The number of ether oxygens (including phenoxy) is 1. The third-order valence-electron chi connectivity index (χ3n) is 3.17. The number of hydrogen-bond acceptors (Lipinski definition) is 5. The molecule has 0 bridgehead atoms. The van der Waals surface area contributed by atoms with E-state index in [9.17, 15) is 0 Å². The molecular formula is C15H20N4O. The lowest BCUT2D eigenvalue weighted by Gasteiger charge is -2.11. The van der Waals surface area contributed by atoms with Crippen LogP contribution >= 0.6 is 0 Å². The molecule has 2 rings (SSSR count). The van der Waals surface area contributed by atoms with Crippen LogP contribution < -0.4 is 15.8 Å². The molecule has 0 aliphatic heterocycles. The number of nitrogens with zero attached hydrogens (tertiary/aromatic N) is 2. The van der Waals surface area contributed by atoms with Gasteiger partial charge in [0.05, 0.1) is 7.11 Å². The Kier molecular flexibility index (Phi) is 4.76. The second-order valence-corrected chi connectivity index (χ2v) is 4.47. The van der Waals surface area contributed by atoms with Gasteiger partial charge in [0.2, 0.25) is 0 Å². The minimum atomic E-state index is 0.548. The molecule has 0 radical (unpaired) electrons. The summed E-state index contributed by atoms with van der Waals surface area (Å²) in [7, 11) is 1.68. The van der Waals surface area contributed by atoms with Gasteiger partial charge in [-0.15, -0.1) is 0 Å². The number of anilines is 2. The standard InChI is InChI=1S/C15H20N4O/c1-3-13-14(16)18-10-19-15(13)17-8-7-11-5-4-6-12(9-11)20-2/h4-6,9-10H,3,7-8H2,1-2H3,(H3,16,17,18,19). The average Bonchev–Trinajstić information content (AvgIpc) is 2.48. The molecule has 20 heavy (non-hydrogen) atoms. The maximum atomic E-state index is 5.84. The first-order valence-electron chi connectivity index (χ1n) is 6.70. The van der Waals surface area contributed by atoms with Crippen molar-refractivity contribution in [2.24, 2.45) is 0 Å². The van der Waals surface area contributed by atoms with Crippen LogP contribution in [-0.4, -0.2) is 23.6 Å². The summed E-state index contributed by atoms with van der Waals surface area (Å²) in [5.74, 6) is 2.25. The second-order valence-electron chi connectivity index (χ2n) is 4.47. The van der Waals surface area contributed by atoms with Crippen LogP contribution in [0.4, 0.5) is 11.6 Å². The lowest BCUT2D eigenvalue weighted by molar-refractivity contribution is 0.414. The van der Waals surface area contributed by atoms with E-state index in [0.717, 1.165) is 36.5 Å². The first kappa shape index (κ1) is 14.1. The van der Waals surface area contributed by atoms with Crippen LogP contribution in [0.15, 0.2) is 30.6 Å². The predicted molar refractivity (Wildman–Crippen MR) is 81.0 cm³/mol. The van der Waals surface area contributed by atoms with Gasteiger partial charge in [0, 0.05) is 12.1 Å². The summed E-state index contributed by atoms with van der Waals surface area (Å²) in [6.07, 6.45) is 3.20. The Hall–Kier alpha value is -2.30. The molecule has 0 fully saturated rings. The number of aromatic nitrogens is 2. The lowest BCUT2D eigenvalue weighted by Crippen LogP contribution is -2.10. The van der Waals surface area contributed by atoms with Gasteiger partial charge in [0.1, 0.15) is 23.7 Å². The molecule has 2 aromatic rings. The summed E-state index contributed by atoms with van der Waals surface area (Å²) < 4.78 is 5.21. The van der Waals surface area contributed by atoms with Gasteiger partial charge in [-0.05, 0) is 30.5 Å². The molecule has 5 heteroatoms. The molecule has 106 valence electrons. The van der Waals surface area contributed by atoms with Gasteiger partial charge in [-0.3, -0.25) is 0 Å². The summed E-state index contributed by atoms with van der Waals surface area (Å²) in [6.45, 7) is 2.83. The van der Waals surface area contributed by atoms with E-state index in [1.165, 1.54) is 11.9 Å². The van der Waals surface area contributed by atoms with Gasteiger partial charge >= 0.3 is 0 Å². The number of benzene rings is 1. The molecule has 0 atom stereocenters. The molecular weight excluding hydrogens is 252 g/mol. The zero-order valence-corrected chi connectivity index (χ0v) is 11.9. The van der Waals surface area contributed by atoms with E-state index in [2.05, 4.69) is 21.4 Å². The molecule has 1 aromatic heterocycles. The normalized spacial score (nSPS) is 10.3. The Bertz CT molecular complexity index is 572. The van der Waals surface area contributed by atoms with Crippen LogP contribution in [0.25, 0.3) is 0 Å². The van der Waals surface area contributed by atoms with E-state index in [0.29, 0.717) is 5.82 Å².